The molecule has 0 N–H and O–H groups in total. The molecule has 0 aromatic rings. The second-order valence-corrected chi connectivity index (χ2v) is 1.92. The normalized spacial score (nSPS) is 24.0. The van der Waals surface area contributed by atoms with Crippen LogP contribution in [0, 0.1) is 0 Å². The minimum atomic E-state index is 0.863. The average Bonchev–Trinajstić information content (AvgIpc) is 2.01. The van der Waals surface area contributed by atoms with Crippen LogP contribution in [-0.4, -0.2) is 12.4 Å². The first-order valence-electron chi connectivity index (χ1n) is 3.35. The van der Waals surface area contributed by atoms with Gasteiger partial charge in [0.1, 0.15) is 0 Å². The van der Waals surface area contributed by atoms with Crippen molar-refractivity contribution in [3.8, 4) is 0 Å². The van der Waals surface area contributed by atoms with E-state index in [4.69, 9.17) is 0 Å². The van der Waals surface area contributed by atoms with Crippen LogP contribution in [0.1, 0.15) is 12.8 Å². The first-order valence-corrected chi connectivity index (χ1v) is 3.35. The molecule has 0 saturated heterocycles. The van der Waals surface area contributed by atoms with E-state index in [2.05, 4.69) is 10.2 Å². The fourth-order valence-corrected chi connectivity index (χ4v) is 0.625. The number of nitrogens with zero attached hydrogens (tertiary/aromatic N) is 2. The van der Waals surface area contributed by atoms with Crippen molar-refractivity contribution in [3.05, 3.63) is 24.3 Å². The zero-order valence-corrected chi connectivity index (χ0v) is 5.77. The van der Waals surface area contributed by atoms with Crippen LogP contribution >= 0.6 is 0 Å². The molecule has 0 spiro atoms. The molecule has 1 aliphatic heterocycles. The molecule has 0 bridgehead atoms. The Balaban J connectivity index is 2.50. The summed E-state index contributed by atoms with van der Waals surface area (Å²) in [6.45, 7) is 0. The van der Waals surface area contributed by atoms with E-state index in [1.165, 1.54) is 0 Å². The van der Waals surface area contributed by atoms with Gasteiger partial charge in [-0.3, -0.25) is 0 Å². The zero-order valence-electron chi connectivity index (χ0n) is 5.77. The van der Waals surface area contributed by atoms with Gasteiger partial charge in [-0.05, 0) is 0 Å². The van der Waals surface area contributed by atoms with Gasteiger partial charge in [-0.2, -0.15) is 10.2 Å². The molecular weight excluding hydrogens is 124 g/mol. The van der Waals surface area contributed by atoms with E-state index in [1.54, 1.807) is 12.4 Å². The molecule has 1 heterocycles. The Hall–Kier alpha value is -1.18. The quantitative estimate of drug-likeness (QED) is 0.483. The maximum absolute atomic E-state index is 3.79. The van der Waals surface area contributed by atoms with Gasteiger partial charge in [0.2, 0.25) is 0 Å². The Kier molecular flexibility index (Phi) is 3.24. The topological polar surface area (TPSA) is 24.7 Å². The lowest BCUT2D eigenvalue weighted by atomic mass is 10.3. The van der Waals surface area contributed by atoms with Gasteiger partial charge in [0.25, 0.3) is 0 Å². The summed E-state index contributed by atoms with van der Waals surface area (Å²) in [6.07, 6.45) is 13.4. The Morgan fingerprint density at radius 3 is 1.80 bits per heavy atom. The third-order valence-electron chi connectivity index (χ3n) is 1.10. The molecular formula is C8H10N2. The minimum Gasteiger partial charge on any atom is -0.164 e. The van der Waals surface area contributed by atoms with E-state index in [-0.39, 0.29) is 0 Å². The van der Waals surface area contributed by atoms with E-state index in [0.717, 1.165) is 12.8 Å². The van der Waals surface area contributed by atoms with Crippen LogP contribution in [0.25, 0.3) is 0 Å². The van der Waals surface area contributed by atoms with Crippen LogP contribution in [0.2, 0.25) is 0 Å². The summed E-state index contributed by atoms with van der Waals surface area (Å²) in [7, 11) is 0. The Morgan fingerprint density at radius 1 is 0.800 bits per heavy atom. The lowest BCUT2D eigenvalue weighted by Crippen LogP contribution is -1.73. The van der Waals surface area contributed by atoms with Crippen LogP contribution in [-0.2, 0) is 0 Å². The Bertz CT molecular complexity index is 145. The highest BCUT2D eigenvalue weighted by molar-refractivity contribution is 5.63. The Morgan fingerprint density at radius 2 is 1.30 bits per heavy atom. The van der Waals surface area contributed by atoms with Gasteiger partial charge in [0, 0.05) is 25.3 Å². The highest BCUT2D eigenvalue weighted by atomic mass is 15.2. The number of rotatable bonds is 0. The van der Waals surface area contributed by atoms with Crippen molar-refractivity contribution < 1.29 is 0 Å². The summed E-state index contributed by atoms with van der Waals surface area (Å²) in [5.41, 5.74) is 0. The molecule has 1 aliphatic rings. The molecule has 0 atom stereocenters. The van der Waals surface area contributed by atoms with Crippen molar-refractivity contribution in [2.75, 3.05) is 0 Å². The molecule has 0 radical (unpaired) electrons. The van der Waals surface area contributed by atoms with Crippen molar-refractivity contribution >= 4 is 12.4 Å². The molecule has 2 heteroatoms. The van der Waals surface area contributed by atoms with Gasteiger partial charge in [0.05, 0.1) is 0 Å². The van der Waals surface area contributed by atoms with Crippen LogP contribution in [0.4, 0.5) is 0 Å². The third kappa shape index (κ3) is 2.97. The van der Waals surface area contributed by atoms with Crippen molar-refractivity contribution in [2.45, 2.75) is 12.8 Å². The number of allylic oxidation sites excluding steroid dienone is 4. The van der Waals surface area contributed by atoms with Gasteiger partial charge >= 0.3 is 0 Å². The van der Waals surface area contributed by atoms with E-state index < -0.39 is 0 Å². The fraction of sp³-hybridized carbons (Fsp3) is 0.250. The molecule has 0 unspecified atom stereocenters. The maximum atomic E-state index is 3.79. The van der Waals surface area contributed by atoms with Crippen molar-refractivity contribution in [1.29, 1.82) is 0 Å². The zero-order chi connectivity index (χ0) is 7.07. The molecule has 0 aliphatic carbocycles. The first kappa shape index (κ1) is 6.93. The summed E-state index contributed by atoms with van der Waals surface area (Å²) in [6, 6.07) is 0. The van der Waals surface area contributed by atoms with Gasteiger partial charge in [-0.1, -0.05) is 24.3 Å². The standard InChI is InChI=1S/C8H10N2/c1-2-4-6-8-10-9-7-5-3-1/h1-4,7-8H,5-6H2/b3-1?,4-2?,9-7-,10-8-. The second-order valence-electron chi connectivity index (χ2n) is 1.92. The highest BCUT2D eigenvalue weighted by Crippen LogP contribution is 1.87. The van der Waals surface area contributed by atoms with Crippen LogP contribution in [0.5, 0.6) is 0 Å². The molecule has 0 aromatic heterocycles. The van der Waals surface area contributed by atoms with Gasteiger partial charge in [0.15, 0.2) is 0 Å². The predicted octanol–water partition coefficient (Wildman–Crippen LogP) is 1.95. The summed E-state index contributed by atoms with van der Waals surface area (Å²) < 4.78 is 0. The first-order chi connectivity index (χ1) is 5.00. The molecule has 0 amide bonds. The molecule has 10 heavy (non-hydrogen) atoms. The summed E-state index contributed by atoms with van der Waals surface area (Å²) in [5.74, 6) is 0. The van der Waals surface area contributed by atoms with E-state index in [1.807, 2.05) is 24.3 Å². The average molecular weight is 134 g/mol. The van der Waals surface area contributed by atoms with E-state index in [9.17, 15) is 0 Å². The maximum Gasteiger partial charge on any atom is 0.0307 e. The van der Waals surface area contributed by atoms with Crippen molar-refractivity contribution in [2.24, 2.45) is 10.2 Å². The van der Waals surface area contributed by atoms with Crippen LogP contribution in [0.3, 0.4) is 0 Å². The molecule has 0 fully saturated rings. The lowest BCUT2D eigenvalue weighted by Gasteiger charge is -1.82. The summed E-state index contributed by atoms with van der Waals surface area (Å²) in [4.78, 5) is 0. The fourth-order valence-electron chi connectivity index (χ4n) is 0.625. The summed E-state index contributed by atoms with van der Waals surface area (Å²) in [5, 5.41) is 7.58. The monoisotopic (exact) mass is 134 g/mol. The SMILES string of the molecule is C1=CC/C=N\N=C/CC=C1. The minimum absolute atomic E-state index is 0.863. The number of hydrogen-bond acceptors (Lipinski definition) is 2. The van der Waals surface area contributed by atoms with E-state index >= 15 is 0 Å². The molecule has 2 nitrogen and oxygen atoms in total. The predicted molar refractivity (Wildman–Crippen MR) is 44.5 cm³/mol. The van der Waals surface area contributed by atoms with Gasteiger partial charge < -0.3 is 0 Å². The smallest absolute Gasteiger partial charge is 0.0307 e. The van der Waals surface area contributed by atoms with E-state index in [0.29, 0.717) is 0 Å². The summed E-state index contributed by atoms with van der Waals surface area (Å²) >= 11 is 0. The van der Waals surface area contributed by atoms with Gasteiger partial charge in [-0.25, -0.2) is 0 Å². The van der Waals surface area contributed by atoms with Crippen LogP contribution in [0.15, 0.2) is 34.5 Å². The van der Waals surface area contributed by atoms with Crippen LogP contribution < -0.4 is 0 Å². The lowest BCUT2D eigenvalue weighted by molar-refractivity contribution is 1.22. The van der Waals surface area contributed by atoms with Gasteiger partial charge in [-0.15, -0.1) is 0 Å². The second kappa shape index (κ2) is 4.68. The third-order valence-corrected chi connectivity index (χ3v) is 1.10. The highest BCUT2D eigenvalue weighted by Gasteiger charge is 1.74. The molecule has 0 aromatic carbocycles. The van der Waals surface area contributed by atoms with Crippen molar-refractivity contribution in [1.82, 2.24) is 0 Å². The Labute approximate surface area is 60.7 Å². The van der Waals surface area contributed by atoms with Crippen molar-refractivity contribution in [3.63, 3.8) is 0 Å². The molecule has 52 valence electrons. The largest absolute Gasteiger partial charge is 0.164 e. The number of hydrogen-bond donors (Lipinski definition) is 0. The molecule has 1 rings (SSSR count). The molecule has 0 saturated carbocycles.